The van der Waals surface area contributed by atoms with Crippen molar-refractivity contribution in [2.24, 2.45) is 0 Å². The standard InChI is InChI=1S/C19H15F2NO4/c1-10-13(8-18(24)26-2)14-7-17(23)15(21)9-16(14)22(10)19(25)11-3-5-12(20)6-4-11/h3-7,9,23H,8H2,1-2H3. The molecule has 0 atom stereocenters. The van der Waals surface area contributed by atoms with E-state index in [1.54, 1.807) is 6.92 Å². The summed E-state index contributed by atoms with van der Waals surface area (Å²) in [6.07, 6.45) is -0.145. The first-order chi connectivity index (χ1) is 12.3. The van der Waals surface area contributed by atoms with E-state index in [1.165, 1.54) is 29.9 Å². The number of carbonyl (C=O) groups is 2. The van der Waals surface area contributed by atoms with E-state index in [0.717, 1.165) is 18.2 Å². The van der Waals surface area contributed by atoms with E-state index >= 15 is 0 Å². The predicted octanol–water partition coefficient (Wildman–Crippen LogP) is 3.34. The van der Waals surface area contributed by atoms with Gasteiger partial charge in [-0.25, -0.2) is 8.78 Å². The molecular formula is C19H15F2NO4. The predicted molar refractivity (Wildman–Crippen MR) is 90.1 cm³/mol. The fourth-order valence-electron chi connectivity index (χ4n) is 2.91. The molecule has 1 aromatic heterocycles. The summed E-state index contributed by atoms with van der Waals surface area (Å²) >= 11 is 0. The van der Waals surface area contributed by atoms with Crippen molar-refractivity contribution < 1.29 is 28.2 Å². The van der Waals surface area contributed by atoms with Crippen molar-refractivity contribution in [2.45, 2.75) is 13.3 Å². The number of esters is 1. The van der Waals surface area contributed by atoms with Gasteiger partial charge in [-0.3, -0.25) is 14.2 Å². The molecule has 134 valence electrons. The highest BCUT2D eigenvalue weighted by atomic mass is 19.1. The molecule has 7 heteroatoms. The molecule has 26 heavy (non-hydrogen) atoms. The Morgan fingerprint density at radius 2 is 1.81 bits per heavy atom. The number of benzene rings is 2. The summed E-state index contributed by atoms with van der Waals surface area (Å²) in [5, 5.41) is 10.1. The van der Waals surface area contributed by atoms with Gasteiger partial charge in [0.2, 0.25) is 0 Å². The van der Waals surface area contributed by atoms with Gasteiger partial charge in [0, 0.05) is 22.7 Å². The molecule has 0 amide bonds. The summed E-state index contributed by atoms with van der Waals surface area (Å²) in [6.45, 7) is 1.61. The number of methoxy groups -OCH3 is 1. The average molecular weight is 359 g/mol. The first-order valence-corrected chi connectivity index (χ1v) is 7.73. The Morgan fingerprint density at radius 3 is 2.42 bits per heavy atom. The summed E-state index contributed by atoms with van der Waals surface area (Å²) < 4.78 is 32.9. The van der Waals surface area contributed by atoms with Crippen molar-refractivity contribution in [3.05, 3.63) is 64.9 Å². The van der Waals surface area contributed by atoms with Gasteiger partial charge in [0.05, 0.1) is 19.0 Å². The zero-order chi connectivity index (χ0) is 19.0. The second-order valence-corrected chi connectivity index (χ2v) is 5.79. The number of rotatable bonds is 3. The number of phenols is 1. The minimum Gasteiger partial charge on any atom is -0.505 e. The number of aromatic nitrogens is 1. The fraction of sp³-hybridized carbons (Fsp3) is 0.158. The SMILES string of the molecule is COC(=O)Cc1c(C)n(C(=O)c2ccc(F)cc2)c2cc(F)c(O)cc12. The van der Waals surface area contributed by atoms with Crippen LogP contribution in [-0.4, -0.2) is 28.7 Å². The van der Waals surface area contributed by atoms with Gasteiger partial charge in [0.15, 0.2) is 11.6 Å². The van der Waals surface area contributed by atoms with Gasteiger partial charge in [-0.15, -0.1) is 0 Å². The molecule has 0 spiro atoms. The highest BCUT2D eigenvalue weighted by Gasteiger charge is 2.23. The topological polar surface area (TPSA) is 68.5 Å². The number of hydrogen-bond acceptors (Lipinski definition) is 4. The van der Waals surface area contributed by atoms with Crippen LogP contribution in [0, 0.1) is 18.6 Å². The normalized spacial score (nSPS) is 10.9. The molecule has 0 aliphatic rings. The molecule has 0 aliphatic carbocycles. The molecule has 2 aromatic carbocycles. The molecule has 0 fully saturated rings. The number of ether oxygens (including phenoxy) is 1. The van der Waals surface area contributed by atoms with Crippen LogP contribution in [0.4, 0.5) is 8.78 Å². The lowest BCUT2D eigenvalue weighted by Gasteiger charge is -2.08. The molecule has 0 saturated heterocycles. The number of fused-ring (bicyclic) bond motifs is 1. The molecular weight excluding hydrogens is 344 g/mol. The molecule has 3 rings (SSSR count). The fourth-order valence-corrected chi connectivity index (χ4v) is 2.91. The molecule has 0 radical (unpaired) electrons. The zero-order valence-corrected chi connectivity index (χ0v) is 14.0. The molecule has 1 N–H and O–H groups in total. The Hall–Kier alpha value is -3.22. The summed E-state index contributed by atoms with van der Waals surface area (Å²) in [5.41, 5.74) is 1.25. The van der Waals surface area contributed by atoms with Crippen molar-refractivity contribution >= 4 is 22.8 Å². The molecule has 5 nitrogen and oxygen atoms in total. The van der Waals surface area contributed by atoms with E-state index in [9.17, 15) is 23.5 Å². The Morgan fingerprint density at radius 1 is 1.15 bits per heavy atom. The number of aromatic hydroxyl groups is 1. The van der Waals surface area contributed by atoms with E-state index in [0.29, 0.717) is 16.6 Å². The molecule has 0 aliphatic heterocycles. The first-order valence-electron chi connectivity index (χ1n) is 7.73. The highest BCUT2D eigenvalue weighted by Crippen LogP contribution is 2.32. The van der Waals surface area contributed by atoms with Gasteiger partial charge in [-0.05, 0) is 42.8 Å². The lowest BCUT2D eigenvalue weighted by Crippen LogP contribution is -2.14. The van der Waals surface area contributed by atoms with Crippen molar-refractivity contribution in [3.63, 3.8) is 0 Å². The second-order valence-electron chi connectivity index (χ2n) is 5.79. The summed E-state index contributed by atoms with van der Waals surface area (Å²) in [6, 6.07) is 7.13. The van der Waals surface area contributed by atoms with Crippen LogP contribution in [-0.2, 0) is 16.0 Å². The van der Waals surface area contributed by atoms with Gasteiger partial charge >= 0.3 is 5.97 Å². The van der Waals surface area contributed by atoms with Crippen LogP contribution >= 0.6 is 0 Å². The third-order valence-corrected chi connectivity index (χ3v) is 4.25. The maximum Gasteiger partial charge on any atom is 0.310 e. The van der Waals surface area contributed by atoms with Crippen molar-refractivity contribution in [2.75, 3.05) is 7.11 Å². The molecule has 1 heterocycles. The van der Waals surface area contributed by atoms with Gasteiger partial charge in [-0.1, -0.05) is 0 Å². The van der Waals surface area contributed by atoms with Crippen LogP contribution in [0.2, 0.25) is 0 Å². The Balaban J connectivity index is 2.25. The van der Waals surface area contributed by atoms with Crippen LogP contribution in [0.3, 0.4) is 0 Å². The summed E-state index contributed by atoms with van der Waals surface area (Å²) in [7, 11) is 1.23. The minimum absolute atomic E-state index is 0.145. The zero-order valence-electron chi connectivity index (χ0n) is 14.0. The molecule has 3 aromatic rings. The molecule has 0 saturated carbocycles. The largest absolute Gasteiger partial charge is 0.505 e. The Labute approximate surface area is 147 Å². The number of halogens is 2. The van der Waals surface area contributed by atoms with Crippen LogP contribution in [0.25, 0.3) is 10.9 Å². The number of nitrogens with zero attached hydrogens (tertiary/aromatic N) is 1. The quantitative estimate of drug-likeness (QED) is 0.729. The maximum absolute atomic E-state index is 13.9. The van der Waals surface area contributed by atoms with E-state index < -0.39 is 29.3 Å². The van der Waals surface area contributed by atoms with E-state index in [1.807, 2.05) is 0 Å². The number of phenolic OH excluding ortho intramolecular Hbond substituents is 1. The summed E-state index contributed by atoms with van der Waals surface area (Å²) in [4.78, 5) is 24.6. The van der Waals surface area contributed by atoms with Crippen LogP contribution < -0.4 is 0 Å². The smallest absolute Gasteiger partial charge is 0.310 e. The van der Waals surface area contributed by atoms with Crippen molar-refractivity contribution in [1.82, 2.24) is 4.57 Å². The first kappa shape index (κ1) is 17.6. The monoisotopic (exact) mass is 359 g/mol. The third-order valence-electron chi connectivity index (χ3n) is 4.25. The third kappa shape index (κ3) is 2.92. The van der Waals surface area contributed by atoms with E-state index in [2.05, 4.69) is 4.74 Å². The van der Waals surface area contributed by atoms with Crippen molar-refractivity contribution in [3.8, 4) is 5.75 Å². The minimum atomic E-state index is -0.896. The van der Waals surface area contributed by atoms with Crippen LogP contribution in [0.5, 0.6) is 5.75 Å². The molecule has 0 unspecified atom stereocenters. The lowest BCUT2D eigenvalue weighted by molar-refractivity contribution is -0.139. The van der Waals surface area contributed by atoms with Gasteiger partial charge in [0.1, 0.15) is 5.82 Å². The van der Waals surface area contributed by atoms with Gasteiger partial charge in [0.25, 0.3) is 5.91 Å². The van der Waals surface area contributed by atoms with Crippen molar-refractivity contribution in [1.29, 1.82) is 0 Å². The highest BCUT2D eigenvalue weighted by molar-refractivity contribution is 6.05. The Kier molecular flexibility index (Phi) is 4.46. The summed E-state index contributed by atoms with van der Waals surface area (Å²) in [5.74, 6) is -3.01. The number of carbonyl (C=O) groups excluding carboxylic acids is 2. The van der Waals surface area contributed by atoms with Gasteiger partial charge < -0.3 is 9.84 Å². The van der Waals surface area contributed by atoms with Crippen LogP contribution in [0.1, 0.15) is 21.6 Å². The maximum atomic E-state index is 13.9. The van der Waals surface area contributed by atoms with Gasteiger partial charge in [-0.2, -0.15) is 0 Å². The van der Waals surface area contributed by atoms with E-state index in [-0.39, 0.29) is 17.5 Å². The molecule has 0 bridgehead atoms. The Bertz CT molecular complexity index is 1020. The second kappa shape index (κ2) is 6.59. The van der Waals surface area contributed by atoms with E-state index in [4.69, 9.17) is 0 Å². The average Bonchev–Trinajstić information content (AvgIpc) is 2.87. The van der Waals surface area contributed by atoms with Crippen LogP contribution in [0.15, 0.2) is 36.4 Å². The number of hydrogen-bond donors (Lipinski definition) is 1. The lowest BCUT2D eigenvalue weighted by atomic mass is 10.1.